The highest BCUT2D eigenvalue weighted by molar-refractivity contribution is 8.24. The molecule has 0 spiro atoms. The van der Waals surface area contributed by atoms with Crippen molar-refractivity contribution in [3.63, 3.8) is 0 Å². The van der Waals surface area contributed by atoms with Crippen LogP contribution in [0.15, 0.2) is 48.8 Å². The van der Waals surface area contributed by atoms with E-state index in [0.29, 0.717) is 47.8 Å². The molecular weight excluding hydrogens is 516 g/mol. The quantitative estimate of drug-likeness (QED) is 0.244. The van der Waals surface area contributed by atoms with Crippen molar-refractivity contribution >= 4 is 39.3 Å². The number of carbonyl (C=O) groups excluding carboxylic acids is 1. The molecule has 2 aromatic carbocycles. The smallest absolute Gasteiger partial charge is 0.323 e. The lowest BCUT2D eigenvalue weighted by Gasteiger charge is -2.40. The molecule has 3 heterocycles. The van der Waals surface area contributed by atoms with Gasteiger partial charge in [0.1, 0.15) is 23.5 Å². The van der Waals surface area contributed by atoms with Gasteiger partial charge < -0.3 is 16.4 Å². The summed E-state index contributed by atoms with van der Waals surface area (Å²) in [6.45, 7) is 3.28. The number of nitrogens with two attached hydrogens (primary N) is 1. The fourth-order valence-corrected chi connectivity index (χ4v) is 5.72. The van der Waals surface area contributed by atoms with Crippen LogP contribution in [-0.4, -0.2) is 59.2 Å². The minimum absolute atomic E-state index is 0.0124. The van der Waals surface area contributed by atoms with E-state index in [9.17, 15) is 18.3 Å². The summed E-state index contributed by atoms with van der Waals surface area (Å²) < 4.78 is 50.5. The Hall–Kier alpha value is -3.78. The first-order valence-electron chi connectivity index (χ1n) is 11.8. The molecule has 0 saturated carbocycles. The van der Waals surface area contributed by atoms with Crippen LogP contribution in [0.25, 0.3) is 16.6 Å². The van der Waals surface area contributed by atoms with Crippen molar-refractivity contribution in [2.45, 2.75) is 13.5 Å². The predicted molar refractivity (Wildman–Crippen MR) is 144 cm³/mol. The molecule has 0 unspecified atom stereocenters. The number of anilines is 3. The largest absolute Gasteiger partial charge is 0.382 e. The molecule has 4 aromatic rings. The molecule has 13 heteroatoms. The molecule has 2 amide bonds. The monoisotopic (exact) mass is 543 g/mol. The van der Waals surface area contributed by atoms with Crippen LogP contribution in [0.1, 0.15) is 11.3 Å². The molecule has 1 saturated heterocycles. The van der Waals surface area contributed by atoms with Crippen molar-refractivity contribution in [1.82, 2.24) is 19.5 Å². The predicted octanol–water partition coefficient (Wildman–Crippen LogP) is 4.78. The van der Waals surface area contributed by atoms with Crippen molar-refractivity contribution in [1.29, 1.82) is 0 Å². The number of amides is 2. The first-order chi connectivity index (χ1) is 18.1. The number of nitrogens with zero attached hydrogens (tertiary/aromatic N) is 4. The zero-order valence-corrected chi connectivity index (χ0v) is 21.3. The van der Waals surface area contributed by atoms with Gasteiger partial charge in [0, 0.05) is 25.2 Å². The van der Waals surface area contributed by atoms with Gasteiger partial charge in [0.25, 0.3) is 0 Å². The summed E-state index contributed by atoms with van der Waals surface area (Å²) in [4.78, 5) is 18.6. The highest BCUT2D eigenvalue weighted by Crippen LogP contribution is 2.41. The van der Waals surface area contributed by atoms with Crippen molar-refractivity contribution in [3.8, 4) is 11.1 Å². The van der Waals surface area contributed by atoms with Gasteiger partial charge in [-0.15, -0.1) is 0 Å². The molecule has 1 aliphatic heterocycles. The topological polar surface area (TPSA) is 141 Å². The van der Waals surface area contributed by atoms with E-state index in [0.717, 1.165) is 11.3 Å². The second-order valence-corrected chi connectivity index (χ2v) is 11.6. The van der Waals surface area contributed by atoms with E-state index in [1.807, 2.05) is 6.07 Å². The number of rotatable bonds is 5. The van der Waals surface area contributed by atoms with E-state index < -0.39 is 28.3 Å². The third-order valence-corrected chi connectivity index (χ3v) is 8.08. The summed E-state index contributed by atoms with van der Waals surface area (Å²) in [6, 6.07) is 9.67. The van der Waals surface area contributed by atoms with Gasteiger partial charge in [0.05, 0.1) is 28.6 Å². The zero-order valence-electron chi connectivity index (χ0n) is 20.5. The van der Waals surface area contributed by atoms with Crippen LogP contribution in [0.5, 0.6) is 0 Å². The number of fused-ring (bicyclic) bond motifs is 1. The number of hydrogen-bond acceptors (Lipinski definition) is 7. The molecule has 10 nitrogen and oxygen atoms in total. The molecule has 5 rings (SSSR count). The van der Waals surface area contributed by atoms with Crippen molar-refractivity contribution in [2.75, 3.05) is 41.0 Å². The van der Waals surface area contributed by atoms with Crippen molar-refractivity contribution in [3.05, 3.63) is 71.7 Å². The van der Waals surface area contributed by atoms with Crippen LogP contribution < -0.4 is 16.4 Å². The zero-order chi connectivity index (χ0) is 27.0. The fourth-order valence-electron chi connectivity index (χ4n) is 4.41. The molecule has 38 heavy (non-hydrogen) atoms. The number of nitrogens with one attached hydrogen (secondary N) is 2. The van der Waals surface area contributed by atoms with E-state index in [2.05, 4.69) is 25.6 Å². The van der Waals surface area contributed by atoms with Gasteiger partial charge in [-0.1, -0.05) is 12.1 Å². The van der Waals surface area contributed by atoms with Crippen molar-refractivity contribution in [2.24, 2.45) is 0 Å². The maximum atomic E-state index is 15.1. The normalized spacial score (nSPS) is 16.3. The van der Waals surface area contributed by atoms with E-state index in [-0.39, 0.29) is 17.2 Å². The Labute approximate surface area is 218 Å². The van der Waals surface area contributed by atoms with Gasteiger partial charge in [0.2, 0.25) is 0 Å². The number of hydrogen-bond donors (Lipinski definition) is 5. The van der Waals surface area contributed by atoms with E-state index in [4.69, 9.17) is 5.73 Å². The number of nitrogen functional groups attached to an aromatic ring is 1. The third-order valence-electron chi connectivity index (χ3n) is 6.41. The minimum atomic E-state index is -2.52. The van der Waals surface area contributed by atoms with Crippen LogP contribution in [-0.2, 0) is 6.54 Å². The lowest BCUT2D eigenvalue weighted by Crippen LogP contribution is -2.38. The molecule has 1 fully saturated rings. The number of aryl methyl sites for hydroxylation is 1. The Morgan fingerprint density at radius 1 is 1.05 bits per heavy atom. The number of carbonyl (C=O) groups is 1. The van der Waals surface area contributed by atoms with Crippen molar-refractivity contribution < 1.29 is 22.7 Å². The van der Waals surface area contributed by atoms with E-state index in [1.165, 1.54) is 30.6 Å². The van der Waals surface area contributed by atoms with E-state index >= 15 is 4.39 Å². The van der Waals surface area contributed by atoms with Gasteiger partial charge in [0.15, 0.2) is 5.82 Å². The highest BCUT2D eigenvalue weighted by Gasteiger charge is 2.24. The van der Waals surface area contributed by atoms with Gasteiger partial charge in [-0.3, -0.25) is 14.0 Å². The van der Waals surface area contributed by atoms with Gasteiger partial charge >= 0.3 is 6.03 Å². The average molecular weight is 544 g/mol. The fraction of sp³-hybridized carbons (Fsp3) is 0.240. The molecule has 0 radical (unpaired) electrons. The van der Waals surface area contributed by atoms with Gasteiger partial charge in [-0.25, -0.2) is 23.1 Å². The Morgan fingerprint density at radius 3 is 2.53 bits per heavy atom. The SMILES string of the molecule is Cc1ccc(F)c(NC(=O)Nc2ccc(-c3cc(CN4CCS(O)(O)CC4)n4ncnc(N)c34)cc2F)c1. The lowest BCUT2D eigenvalue weighted by molar-refractivity contribution is 0.262. The van der Waals surface area contributed by atoms with Crippen LogP contribution in [0.3, 0.4) is 0 Å². The van der Waals surface area contributed by atoms with Crippen LogP contribution in [0, 0.1) is 18.6 Å². The molecule has 0 aliphatic carbocycles. The first kappa shape index (κ1) is 25.9. The number of urea groups is 1. The Balaban J connectivity index is 1.39. The second-order valence-electron chi connectivity index (χ2n) is 9.20. The maximum Gasteiger partial charge on any atom is 0.323 e. The van der Waals surface area contributed by atoms with Crippen LogP contribution in [0.2, 0.25) is 0 Å². The summed E-state index contributed by atoms with van der Waals surface area (Å²) in [6.07, 6.45) is 1.34. The minimum Gasteiger partial charge on any atom is -0.382 e. The molecule has 2 aromatic heterocycles. The van der Waals surface area contributed by atoms with Crippen LogP contribution >= 0.6 is 10.6 Å². The number of benzene rings is 2. The van der Waals surface area contributed by atoms with Gasteiger partial charge in [-0.2, -0.15) is 15.7 Å². The summed E-state index contributed by atoms with van der Waals surface area (Å²) in [5, 5.41) is 9.13. The average Bonchev–Trinajstić information content (AvgIpc) is 3.23. The second kappa shape index (κ2) is 10.2. The number of halogens is 2. The Bertz CT molecular complexity index is 1520. The Kier molecular flexibility index (Phi) is 6.92. The van der Waals surface area contributed by atoms with Gasteiger partial charge in [-0.05, 0) is 48.4 Å². The molecule has 0 bridgehead atoms. The maximum absolute atomic E-state index is 15.1. The third kappa shape index (κ3) is 5.41. The summed E-state index contributed by atoms with van der Waals surface area (Å²) >= 11 is 0. The molecular formula is C25H27F2N7O3S. The highest BCUT2D eigenvalue weighted by atomic mass is 32.3. The molecule has 1 aliphatic rings. The molecule has 6 N–H and O–H groups in total. The standard InChI is InChI=1S/C25H27F2N7O3S/c1-15-2-4-19(26)22(10-15)32-25(35)31-21-5-3-16(11-20(21)27)18-12-17(34-23(18)24(28)29-14-30-34)13-33-6-8-38(36,37)9-7-33/h2-5,10-12,14,36-37H,6-9,13H2,1H3,(H2,28,29,30)(H2,31,32,35). The molecule has 200 valence electrons. The molecule has 0 atom stereocenters. The first-order valence-corrected chi connectivity index (χ1v) is 13.7. The Morgan fingerprint density at radius 2 is 1.79 bits per heavy atom. The summed E-state index contributed by atoms with van der Waals surface area (Å²) in [7, 11) is -2.52. The van der Waals surface area contributed by atoms with E-state index in [1.54, 1.807) is 23.6 Å². The van der Waals surface area contributed by atoms with Crippen LogP contribution in [0.4, 0.5) is 30.8 Å². The lowest BCUT2D eigenvalue weighted by atomic mass is 10.1. The summed E-state index contributed by atoms with van der Waals surface area (Å²) in [5.74, 6) is -0.458. The summed E-state index contributed by atoms with van der Waals surface area (Å²) in [5.41, 5.74) is 9.23. The number of aromatic nitrogens is 3.